The zero-order valence-electron chi connectivity index (χ0n) is 15.3. The molecule has 150 valence electrons. The second-order valence-electron chi connectivity index (χ2n) is 6.97. The molecule has 1 aliphatic rings. The number of ether oxygens (including phenoxy) is 1. The molecule has 1 amide bonds. The quantitative estimate of drug-likeness (QED) is 0.816. The third-order valence-electron chi connectivity index (χ3n) is 4.84. The van der Waals surface area contributed by atoms with E-state index >= 15 is 0 Å². The van der Waals surface area contributed by atoms with Crippen molar-refractivity contribution in [3.05, 3.63) is 59.4 Å². The Morgan fingerprint density at radius 1 is 1.21 bits per heavy atom. The fourth-order valence-corrected chi connectivity index (χ4v) is 3.27. The highest BCUT2D eigenvalue weighted by Crippen LogP contribution is 2.30. The first-order valence-corrected chi connectivity index (χ1v) is 9.08. The molecule has 2 N–H and O–H groups in total. The Balaban J connectivity index is 1.47. The van der Waals surface area contributed by atoms with Crippen LogP contribution < -0.4 is 10.5 Å². The number of nitrogens with zero attached hydrogens (tertiary/aromatic N) is 2. The molecule has 1 aliphatic heterocycles. The zero-order valence-corrected chi connectivity index (χ0v) is 15.3. The molecule has 0 aliphatic carbocycles. The second-order valence-corrected chi connectivity index (χ2v) is 6.97. The van der Waals surface area contributed by atoms with E-state index in [0.29, 0.717) is 30.4 Å². The third kappa shape index (κ3) is 5.45. The van der Waals surface area contributed by atoms with Gasteiger partial charge in [0.05, 0.1) is 12.2 Å². The number of rotatable bonds is 6. The van der Waals surface area contributed by atoms with Crippen LogP contribution in [0, 0.1) is 5.92 Å². The van der Waals surface area contributed by atoms with Crippen molar-refractivity contribution in [2.24, 2.45) is 11.7 Å². The van der Waals surface area contributed by atoms with Crippen LogP contribution in [-0.2, 0) is 12.7 Å². The summed E-state index contributed by atoms with van der Waals surface area (Å²) in [5.74, 6) is 0.298. The maximum atomic E-state index is 12.8. The van der Waals surface area contributed by atoms with Gasteiger partial charge in [-0.15, -0.1) is 0 Å². The van der Waals surface area contributed by atoms with Gasteiger partial charge in [-0.05, 0) is 49.5 Å². The van der Waals surface area contributed by atoms with Crippen LogP contribution in [0.15, 0.2) is 42.6 Å². The molecule has 1 aromatic heterocycles. The molecule has 8 heteroatoms. The molecule has 0 radical (unpaired) electrons. The molecular weight excluding hydrogens is 371 g/mol. The Morgan fingerprint density at radius 3 is 2.64 bits per heavy atom. The number of amides is 1. The van der Waals surface area contributed by atoms with Gasteiger partial charge in [0, 0.05) is 18.8 Å². The minimum atomic E-state index is -4.32. The Kier molecular flexibility index (Phi) is 6.18. The summed E-state index contributed by atoms with van der Waals surface area (Å²) in [6.45, 7) is 2.61. The lowest BCUT2D eigenvalue weighted by atomic mass is 9.97. The van der Waals surface area contributed by atoms with Crippen molar-refractivity contribution in [3.63, 3.8) is 0 Å². The number of hydrogen-bond acceptors (Lipinski definition) is 4. The highest BCUT2D eigenvalue weighted by Gasteiger charge is 2.30. The van der Waals surface area contributed by atoms with Crippen LogP contribution in [-0.4, -0.2) is 35.5 Å². The minimum Gasteiger partial charge on any atom is -0.493 e. The van der Waals surface area contributed by atoms with Crippen LogP contribution in [0.1, 0.15) is 34.5 Å². The highest BCUT2D eigenvalue weighted by atomic mass is 19.4. The standard InChI is InChI=1S/C20H22F3N3O2/c21-20(22,23)16-3-1-2-15(10-16)12-26-8-5-14(6-9-26)13-28-17-4-7-25-18(11-17)19(24)27/h1-4,7,10-11,14H,5-6,8-9,12-13H2,(H2,24,27). The lowest BCUT2D eigenvalue weighted by Crippen LogP contribution is -2.35. The average molecular weight is 393 g/mol. The Bertz CT molecular complexity index is 818. The maximum absolute atomic E-state index is 12.8. The van der Waals surface area contributed by atoms with Gasteiger partial charge in [-0.3, -0.25) is 14.7 Å². The van der Waals surface area contributed by atoms with Crippen LogP contribution in [0.4, 0.5) is 13.2 Å². The van der Waals surface area contributed by atoms with E-state index in [4.69, 9.17) is 10.5 Å². The van der Waals surface area contributed by atoms with Gasteiger partial charge < -0.3 is 10.5 Å². The van der Waals surface area contributed by atoms with E-state index in [0.717, 1.165) is 32.0 Å². The SMILES string of the molecule is NC(=O)c1cc(OCC2CCN(Cc3cccc(C(F)(F)F)c3)CC2)ccn1. The summed E-state index contributed by atoms with van der Waals surface area (Å²) in [5, 5.41) is 0. The number of nitrogens with two attached hydrogens (primary N) is 1. The summed E-state index contributed by atoms with van der Waals surface area (Å²) in [6, 6.07) is 8.68. The molecule has 5 nitrogen and oxygen atoms in total. The number of aromatic nitrogens is 1. The van der Waals surface area contributed by atoms with Crippen molar-refractivity contribution in [2.45, 2.75) is 25.6 Å². The number of hydrogen-bond donors (Lipinski definition) is 1. The fourth-order valence-electron chi connectivity index (χ4n) is 3.27. The molecule has 1 saturated heterocycles. The first kappa shape index (κ1) is 20.1. The molecule has 2 heterocycles. The molecule has 0 saturated carbocycles. The predicted molar refractivity (Wildman–Crippen MR) is 97.7 cm³/mol. The topological polar surface area (TPSA) is 68.5 Å². The van der Waals surface area contributed by atoms with E-state index in [2.05, 4.69) is 9.88 Å². The zero-order chi connectivity index (χ0) is 20.1. The molecule has 0 bridgehead atoms. The number of halogens is 3. The lowest BCUT2D eigenvalue weighted by Gasteiger charge is -2.32. The van der Waals surface area contributed by atoms with Crippen LogP contribution in [0.5, 0.6) is 5.75 Å². The number of benzene rings is 1. The number of pyridine rings is 1. The van der Waals surface area contributed by atoms with Crippen molar-refractivity contribution in [1.82, 2.24) is 9.88 Å². The molecule has 0 atom stereocenters. The van der Waals surface area contributed by atoms with E-state index in [-0.39, 0.29) is 5.69 Å². The average Bonchev–Trinajstić information content (AvgIpc) is 2.67. The van der Waals surface area contributed by atoms with Crippen LogP contribution in [0.3, 0.4) is 0 Å². The van der Waals surface area contributed by atoms with Gasteiger partial charge in [-0.2, -0.15) is 13.2 Å². The van der Waals surface area contributed by atoms with Gasteiger partial charge in [-0.25, -0.2) is 0 Å². The number of carbonyl (C=O) groups is 1. The molecule has 2 aromatic rings. The van der Waals surface area contributed by atoms with E-state index < -0.39 is 17.6 Å². The highest BCUT2D eigenvalue weighted by molar-refractivity contribution is 5.91. The summed E-state index contributed by atoms with van der Waals surface area (Å²) >= 11 is 0. The van der Waals surface area contributed by atoms with Crippen LogP contribution in [0.25, 0.3) is 0 Å². The lowest BCUT2D eigenvalue weighted by molar-refractivity contribution is -0.137. The molecular formula is C20H22F3N3O2. The first-order valence-electron chi connectivity index (χ1n) is 9.08. The van der Waals surface area contributed by atoms with Crippen molar-refractivity contribution in [2.75, 3.05) is 19.7 Å². The van der Waals surface area contributed by atoms with Crippen molar-refractivity contribution in [1.29, 1.82) is 0 Å². The molecule has 1 aromatic carbocycles. The van der Waals surface area contributed by atoms with Crippen molar-refractivity contribution in [3.8, 4) is 5.75 Å². The van der Waals surface area contributed by atoms with Gasteiger partial charge in [0.1, 0.15) is 11.4 Å². The summed E-state index contributed by atoms with van der Waals surface area (Å²) in [4.78, 5) is 17.2. The Morgan fingerprint density at radius 2 is 1.96 bits per heavy atom. The largest absolute Gasteiger partial charge is 0.493 e. The molecule has 3 rings (SSSR count). The number of primary amides is 1. The maximum Gasteiger partial charge on any atom is 0.416 e. The van der Waals surface area contributed by atoms with E-state index in [1.165, 1.54) is 24.4 Å². The monoisotopic (exact) mass is 393 g/mol. The van der Waals surface area contributed by atoms with Gasteiger partial charge in [0.2, 0.25) is 0 Å². The first-order chi connectivity index (χ1) is 13.3. The summed E-state index contributed by atoms with van der Waals surface area (Å²) in [7, 11) is 0. The van der Waals surface area contributed by atoms with Gasteiger partial charge in [-0.1, -0.05) is 18.2 Å². The number of piperidine rings is 1. The summed E-state index contributed by atoms with van der Waals surface area (Å²) in [5.41, 5.74) is 5.43. The Hall–Kier alpha value is -2.61. The summed E-state index contributed by atoms with van der Waals surface area (Å²) in [6.07, 6.45) is -1.05. The molecule has 0 unspecified atom stereocenters. The van der Waals surface area contributed by atoms with Crippen LogP contribution in [0.2, 0.25) is 0 Å². The normalized spacial score (nSPS) is 16.1. The molecule has 0 spiro atoms. The number of alkyl halides is 3. The van der Waals surface area contributed by atoms with Gasteiger partial charge in [0.15, 0.2) is 0 Å². The van der Waals surface area contributed by atoms with Crippen molar-refractivity contribution >= 4 is 5.91 Å². The minimum absolute atomic E-state index is 0.161. The predicted octanol–water partition coefficient (Wildman–Crippen LogP) is 3.49. The number of carbonyl (C=O) groups excluding carboxylic acids is 1. The molecule has 28 heavy (non-hydrogen) atoms. The smallest absolute Gasteiger partial charge is 0.416 e. The van der Waals surface area contributed by atoms with Crippen molar-refractivity contribution < 1.29 is 22.7 Å². The third-order valence-corrected chi connectivity index (χ3v) is 4.84. The second kappa shape index (κ2) is 8.60. The summed E-state index contributed by atoms with van der Waals surface area (Å²) < 4.78 is 44.3. The van der Waals surface area contributed by atoms with Crippen LogP contribution >= 0.6 is 0 Å². The van der Waals surface area contributed by atoms with E-state index in [9.17, 15) is 18.0 Å². The Labute approximate surface area is 161 Å². The number of likely N-dealkylation sites (tertiary alicyclic amines) is 1. The molecule has 1 fully saturated rings. The van der Waals surface area contributed by atoms with E-state index in [1.807, 2.05) is 0 Å². The fraction of sp³-hybridized carbons (Fsp3) is 0.400. The van der Waals surface area contributed by atoms with E-state index in [1.54, 1.807) is 12.1 Å². The van der Waals surface area contributed by atoms with Gasteiger partial charge >= 0.3 is 6.18 Å². The van der Waals surface area contributed by atoms with Gasteiger partial charge in [0.25, 0.3) is 5.91 Å².